The second-order valence-corrected chi connectivity index (χ2v) is 5.84. The maximum atomic E-state index is 12.2. The summed E-state index contributed by atoms with van der Waals surface area (Å²) in [5, 5.41) is 4.98. The number of hydrogen-bond donors (Lipinski definition) is 1. The Morgan fingerprint density at radius 2 is 2.14 bits per heavy atom. The SMILES string of the molecule is CCc1nc2ccccc2n1CC(=O)NCc1cccs1. The van der Waals surface area contributed by atoms with Crippen molar-refractivity contribution in [3.05, 3.63) is 52.5 Å². The number of rotatable bonds is 5. The Kier molecular flexibility index (Phi) is 4.01. The van der Waals surface area contributed by atoms with Crippen molar-refractivity contribution in [2.45, 2.75) is 26.4 Å². The summed E-state index contributed by atoms with van der Waals surface area (Å²) in [4.78, 5) is 17.9. The maximum Gasteiger partial charge on any atom is 0.240 e. The van der Waals surface area contributed by atoms with Gasteiger partial charge in [0.25, 0.3) is 0 Å². The van der Waals surface area contributed by atoms with Gasteiger partial charge in [-0.1, -0.05) is 25.1 Å². The molecule has 3 rings (SSSR count). The molecule has 0 bridgehead atoms. The molecule has 5 heteroatoms. The van der Waals surface area contributed by atoms with E-state index in [0.29, 0.717) is 13.1 Å². The second-order valence-electron chi connectivity index (χ2n) is 4.81. The van der Waals surface area contributed by atoms with Gasteiger partial charge in [0.2, 0.25) is 5.91 Å². The van der Waals surface area contributed by atoms with Crippen molar-refractivity contribution in [1.82, 2.24) is 14.9 Å². The van der Waals surface area contributed by atoms with Gasteiger partial charge in [0.15, 0.2) is 0 Å². The molecule has 1 N–H and O–H groups in total. The van der Waals surface area contributed by atoms with E-state index < -0.39 is 0 Å². The summed E-state index contributed by atoms with van der Waals surface area (Å²) in [6.45, 7) is 2.96. The fourth-order valence-electron chi connectivity index (χ4n) is 2.37. The van der Waals surface area contributed by atoms with Crippen molar-refractivity contribution in [2.24, 2.45) is 0 Å². The number of amides is 1. The second kappa shape index (κ2) is 6.10. The van der Waals surface area contributed by atoms with E-state index in [-0.39, 0.29) is 5.91 Å². The van der Waals surface area contributed by atoms with Gasteiger partial charge in [-0.25, -0.2) is 4.98 Å². The molecule has 0 unspecified atom stereocenters. The minimum absolute atomic E-state index is 0.0150. The molecule has 21 heavy (non-hydrogen) atoms. The van der Waals surface area contributed by atoms with Crippen LogP contribution in [-0.2, 0) is 24.3 Å². The van der Waals surface area contributed by atoms with Gasteiger partial charge < -0.3 is 9.88 Å². The highest BCUT2D eigenvalue weighted by molar-refractivity contribution is 7.09. The standard InChI is InChI=1S/C16H17N3OS/c1-2-15-18-13-7-3-4-8-14(13)19(15)11-16(20)17-10-12-6-5-9-21-12/h3-9H,2,10-11H2,1H3,(H,17,20). The predicted molar refractivity (Wildman–Crippen MR) is 85.3 cm³/mol. The van der Waals surface area contributed by atoms with Crippen molar-refractivity contribution >= 4 is 28.3 Å². The lowest BCUT2D eigenvalue weighted by Crippen LogP contribution is -2.27. The zero-order chi connectivity index (χ0) is 14.7. The molecule has 0 radical (unpaired) electrons. The zero-order valence-corrected chi connectivity index (χ0v) is 12.7. The van der Waals surface area contributed by atoms with Gasteiger partial charge in [-0.3, -0.25) is 4.79 Å². The van der Waals surface area contributed by atoms with Crippen molar-refractivity contribution in [2.75, 3.05) is 0 Å². The number of imidazole rings is 1. The number of para-hydroxylation sites is 2. The van der Waals surface area contributed by atoms with Crippen LogP contribution in [0, 0.1) is 0 Å². The Balaban J connectivity index is 1.76. The molecule has 2 aromatic heterocycles. The summed E-state index contributed by atoms with van der Waals surface area (Å²) >= 11 is 1.65. The minimum Gasteiger partial charge on any atom is -0.350 e. The molecule has 4 nitrogen and oxygen atoms in total. The van der Waals surface area contributed by atoms with Crippen molar-refractivity contribution in [3.63, 3.8) is 0 Å². The Hall–Kier alpha value is -2.14. The van der Waals surface area contributed by atoms with Gasteiger partial charge in [-0.15, -0.1) is 11.3 Å². The average Bonchev–Trinajstić information content (AvgIpc) is 3.13. The molecule has 0 fully saturated rings. The maximum absolute atomic E-state index is 12.2. The number of aryl methyl sites for hydroxylation is 1. The van der Waals surface area contributed by atoms with Crippen LogP contribution in [0.1, 0.15) is 17.6 Å². The molecule has 2 heterocycles. The van der Waals surface area contributed by atoms with Crippen LogP contribution in [0.5, 0.6) is 0 Å². The fraction of sp³-hybridized carbons (Fsp3) is 0.250. The predicted octanol–water partition coefficient (Wildman–Crippen LogP) is 2.98. The van der Waals surface area contributed by atoms with E-state index in [1.165, 1.54) is 0 Å². The van der Waals surface area contributed by atoms with Gasteiger partial charge in [-0.05, 0) is 23.6 Å². The molecular weight excluding hydrogens is 282 g/mol. The van der Waals surface area contributed by atoms with E-state index in [0.717, 1.165) is 28.2 Å². The van der Waals surface area contributed by atoms with Crippen LogP contribution in [0.25, 0.3) is 11.0 Å². The lowest BCUT2D eigenvalue weighted by molar-refractivity contribution is -0.121. The molecule has 0 saturated carbocycles. The largest absolute Gasteiger partial charge is 0.350 e. The van der Waals surface area contributed by atoms with E-state index in [1.807, 2.05) is 46.3 Å². The van der Waals surface area contributed by atoms with Gasteiger partial charge in [0.1, 0.15) is 12.4 Å². The number of thiophene rings is 1. The van der Waals surface area contributed by atoms with E-state index >= 15 is 0 Å². The minimum atomic E-state index is 0.0150. The number of carbonyl (C=O) groups excluding carboxylic acids is 1. The molecule has 0 saturated heterocycles. The highest BCUT2D eigenvalue weighted by atomic mass is 32.1. The first-order chi connectivity index (χ1) is 10.3. The van der Waals surface area contributed by atoms with Gasteiger partial charge in [-0.2, -0.15) is 0 Å². The quantitative estimate of drug-likeness (QED) is 0.787. The molecule has 108 valence electrons. The van der Waals surface area contributed by atoms with Gasteiger partial charge >= 0.3 is 0 Å². The van der Waals surface area contributed by atoms with E-state index in [2.05, 4.69) is 17.2 Å². The molecule has 0 aliphatic heterocycles. The summed E-state index contributed by atoms with van der Waals surface area (Å²) in [7, 11) is 0. The highest BCUT2D eigenvalue weighted by Crippen LogP contribution is 2.16. The molecule has 0 aliphatic rings. The Labute approximate surface area is 127 Å². The summed E-state index contributed by atoms with van der Waals surface area (Å²) in [5.74, 6) is 0.962. The van der Waals surface area contributed by atoms with Crippen LogP contribution in [0.4, 0.5) is 0 Å². The van der Waals surface area contributed by atoms with E-state index in [4.69, 9.17) is 0 Å². The molecule has 3 aromatic rings. The van der Waals surface area contributed by atoms with Crippen molar-refractivity contribution < 1.29 is 4.79 Å². The molecule has 0 aliphatic carbocycles. The number of carbonyl (C=O) groups is 1. The van der Waals surface area contributed by atoms with Crippen LogP contribution in [0.3, 0.4) is 0 Å². The Morgan fingerprint density at radius 3 is 2.90 bits per heavy atom. The van der Waals surface area contributed by atoms with E-state index in [9.17, 15) is 4.79 Å². The Bertz CT molecular complexity index is 746. The molecule has 0 spiro atoms. The number of hydrogen-bond acceptors (Lipinski definition) is 3. The number of nitrogens with one attached hydrogen (secondary N) is 1. The zero-order valence-electron chi connectivity index (χ0n) is 11.9. The van der Waals surface area contributed by atoms with Crippen molar-refractivity contribution in [1.29, 1.82) is 0 Å². The van der Waals surface area contributed by atoms with E-state index in [1.54, 1.807) is 11.3 Å². The number of aromatic nitrogens is 2. The molecule has 1 aromatic carbocycles. The average molecular weight is 299 g/mol. The van der Waals surface area contributed by atoms with Crippen LogP contribution >= 0.6 is 11.3 Å². The highest BCUT2D eigenvalue weighted by Gasteiger charge is 2.12. The van der Waals surface area contributed by atoms with Gasteiger partial charge in [0, 0.05) is 11.3 Å². The van der Waals surface area contributed by atoms with Crippen LogP contribution in [0.2, 0.25) is 0 Å². The first kappa shape index (κ1) is 13.8. The third-order valence-corrected chi connectivity index (χ3v) is 4.27. The number of fused-ring (bicyclic) bond motifs is 1. The first-order valence-electron chi connectivity index (χ1n) is 7.01. The molecular formula is C16H17N3OS. The Morgan fingerprint density at radius 1 is 1.29 bits per heavy atom. The van der Waals surface area contributed by atoms with Crippen molar-refractivity contribution in [3.8, 4) is 0 Å². The fourth-order valence-corrected chi connectivity index (χ4v) is 3.01. The molecule has 0 atom stereocenters. The van der Waals surface area contributed by atoms with Crippen LogP contribution in [0.15, 0.2) is 41.8 Å². The lowest BCUT2D eigenvalue weighted by atomic mass is 10.3. The lowest BCUT2D eigenvalue weighted by Gasteiger charge is -2.08. The normalized spacial score (nSPS) is 10.9. The smallest absolute Gasteiger partial charge is 0.240 e. The summed E-state index contributed by atoms with van der Waals surface area (Å²) in [6, 6.07) is 11.9. The number of nitrogens with zero attached hydrogens (tertiary/aromatic N) is 2. The summed E-state index contributed by atoms with van der Waals surface area (Å²) in [6.07, 6.45) is 0.812. The molecule has 1 amide bonds. The summed E-state index contributed by atoms with van der Waals surface area (Å²) < 4.78 is 2.00. The number of benzene rings is 1. The third kappa shape index (κ3) is 2.97. The first-order valence-corrected chi connectivity index (χ1v) is 7.89. The van der Waals surface area contributed by atoms with Crippen LogP contribution < -0.4 is 5.32 Å². The van der Waals surface area contributed by atoms with Crippen LogP contribution in [-0.4, -0.2) is 15.5 Å². The van der Waals surface area contributed by atoms with Gasteiger partial charge in [0.05, 0.1) is 17.6 Å². The summed E-state index contributed by atoms with van der Waals surface area (Å²) in [5.41, 5.74) is 1.96. The topological polar surface area (TPSA) is 46.9 Å². The monoisotopic (exact) mass is 299 g/mol. The third-order valence-electron chi connectivity index (χ3n) is 3.39.